The number of benzene rings is 1. The van der Waals surface area contributed by atoms with Gasteiger partial charge >= 0.3 is 0 Å². The molecule has 1 saturated heterocycles. The molecule has 9 nitrogen and oxygen atoms in total. The van der Waals surface area contributed by atoms with Gasteiger partial charge in [-0.15, -0.1) is 0 Å². The van der Waals surface area contributed by atoms with E-state index in [1.165, 1.54) is 16.9 Å². The van der Waals surface area contributed by atoms with Crippen LogP contribution in [0.3, 0.4) is 0 Å². The van der Waals surface area contributed by atoms with Gasteiger partial charge in [0.05, 0.1) is 19.3 Å². The minimum atomic E-state index is -0.587. The minimum Gasteiger partial charge on any atom is -0.383 e. The molecule has 0 saturated carbocycles. The second kappa shape index (κ2) is 12.1. The van der Waals surface area contributed by atoms with Gasteiger partial charge in [0.25, 0.3) is 0 Å². The van der Waals surface area contributed by atoms with Crippen LogP contribution >= 0.6 is 11.3 Å². The fraction of sp³-hybridized carbons (Fsp3) is 0.462. The van der Waals surface area contributed by atoms with Crippen molar-refractivity contribution in [3.8, 4) is 0 Å². The monoisotopic (exact) mass is 507 g/mol. The van der Waals surface area contributed by atoms with Gasteiger partial charge in [-0.05, 0) is 23.3 Å². The summed E-state index contributed by atoms with van der Waals surface area (Å²) in [5.41, 5.74) is 10.6. The number of nitrogens with two attached hydrogens (primary N) is 1. The SMILES string of the molecule is COCCN1CCN(Cc2cccc(COC3N=CCC(C(N)c4nc5cccnc5s4)=N3)c2)CC1. The fourth-order valence-electron chi connectivity index (χ4n) is 4.45. The number of hydrogen-bond donors (Lipinski definition) is 1. The van der Waals surface area contributed by atoms with E-state index < -0.39 is 6.35 Å². The van der Waals surface area contributed by atoms with Crippen LogP contribution in [0.2, 0.25) is 0 Å². The topological polar surface area (TPSA) is 101 Å². The number of methoxy groups -OCH3 is 1. The highest BCUT2D eigenvalue weighted by atomic mass is 32.1. The largest absolute Gasteiger partial charge is 0.383 e. The molecule has 0 amide bonds. The number of pyridine rings is 1. The Kier molecular flexibility index (Phi) is 8.42. The summed E-state index contributed by atoms with van der Waals surface area (Å²) in [5, 5.41) is 0.809. The van der Waals surface area contributed by atoms with Gasteiger partial charge < -0.3 is 15.2 Å². The van der Waals surface area contributed by atoms with E-state index >= 15 is 0 Å². The molecule has 2 aliphatic heterocycles. The summed E-state index contributed by atoms with van der Waals surface area (Å²) < 4.78 is 11.2. The predicted octanol–water partition coefficient (Wildman–Crippen LogP) is 2.87. The molecular formula is C26H33N7O2S. The molecular weight excluding hydrogens is 474 g/mol. The van der Waals surface area contributed by atoms with Gasteiger partial charge in [-0.3, -0.25) is 9.80 Å². The highest BCUT2D eigenvalue weighted by molar-refractivity contribution is 7.18. The van der Waals surface area contributed by atoms with Crippen molar-refractivity contribution in [1.82, 2.24) is 19.8 Å². The van der Waals surface area contributed by atoms with Crippen LogP contribution in [-0.4, -0.2) is 84.5 Å². The van der Waals surface area contributed by atoms with Crippen LogP contribution < -0.4 is 5.73 Å². The molecule has 2 aromatic heterocycles. The third-order valence-corrected chi connectivity index (χ3v) is 7.55. The van der Waals surface area contributed by atoms with Crippen molar-refractivity contribution in [3.05, 3.63) is 58.7 Å². The quantitative estimate of drug-likeness (QED) is 0.450. The molecule has 5 rings (SSSR count). The van der Waals surface area contributed by atoms with Gasteiger partial charge in [-0.1, -0.05) is 35.6 Å². The lowest BCUT2D eigenvalue weighted by atomic mass is 10.1. The maximum atomic E-state index is 6.50. The molecule has 2 N–H and O–H groups in total. The summed E-state index contributed by atoms with van der Waals surface area (Å²) in [6.07, 6.45) is 3.61. The standard InChI is InChI=1S/C26H33N7O2S/c1-34-15-14-32-10-12-33(13-11-32)17-19-4-2-5-20(16-19)18-35-26-29-9-7-21(31-26)23(27)25-30-22-6-3-8-28-24(22)36-25/h2-6,8-9,16,23,26H,7,10-15,17-18,27H2,1H3. The smallest absolute Gasteiger partial charge is 0.245 e. The maximum Gasteiger partial charge on any atom is 0.245 e. The van der Waals surface area contributed by atoms with Gasteiger partial charge in [0.15, 0.2) is 0 Å². The molecule has 3 aromatic rings. The van der Waals surface area contributed by atoms with Gasteiger partial charge in [-0.2, -0.15) is 0 Å². The highest BCUT2D eigenvalue weighted by Crippen LogP contribution is 2.26. The molecule has 10 heteroatoms. The number of fused-ring (bicyclic) bond motifs is 1. The summed E-state index contributed by atoms with van der Waals surface area (Å²) in [4.78, 5) is 23.9. The molecule has 1 fully saturated rings. The Morgan fingerprint density at radius 1 is 1.11 bits per heavy atom. The Balaban J connectivity index is 1.14. The van der Waals surface area contributed by atoms with E-state index in [2.05, 4.69) is 54.0 Å². The van der Waals surface area contributed by atoms with E-state index in [-0.39, 0.29) is 6.04 Å². The first-order valence-corrected chi connectivity index (χ1v) is 13.2. The normalized spacial score (nSPS) is 20.1. The molecule has 0 bridgehead atoms. The summed E-state index contributed by atoms with van der Waals surface area (Å²) in [6.45, 7) is 7.51. The molecule has 0 radical (unpaired) electrons. The van der Waals surface area contributed by atoms with Crippen LogP contribution in [0.25, 0.3) is 10.3 Å². The van der Waals surface area contributed by atoms with Crippen molar-refractivity contribution >= 4 is 33.6 Å². The van der Waals surface area contributed by atoms with E-state index in [4.69, 9.17) is 15.2 Å². The van der Waals surface area contributed by atoms with Gasteiger partial charge in [0, 0.05) is 70.9 Å². The minimum absolute atomic E-state index is 0.389. The Bertz CT molecular complexity index is 1170. The van der Waals surface area contributed by atoms with Gasteiger partial charge in [-0.25, -0.2) is 20.0 Å². The first kappa shape index (κ1) is 25.1. The van der Waals surface area contributed by atoms with Crippen molar-refractivity contribution in [2.24, 2.45) is 15.7 Å². The Morgan fingerprint density at radius 3 is 2.78 bits per heavy atom. The molecule has 0 aliphatic carbocycles. The lowest BCUT2D eigenvalue weighted by Crippen LogP contribution is -2.46. The van der Waals surface area contributed by atoms with Crippen LogP contribution in [0, 0.1) is 0 Å². The van der Waals surface area contributed by atoms with Crippen LogP contribution in [0.15, 0.2) is 52.6 Å². The highest BCUT2D eigenvalue weighted by Gasteiger charge is 2.22. The molecule has 2 atom stereocenters. The molecule has 4 heterocycles. The second-order valence-electron chi connectivity index (χ2n) is 9.08. The Hall–Kier alpha value is -2.60. The predicted molar refractivity (Wildman–Crippen MR) is 143 cm³/mol. The van der Waals surface area contributed by atoms with E-state index in [1.54, 1.807) is 13.3 Å². The molecule has 0 spiro atoms. The maximum absolute atomic E-state index is 6.50. The molecule has 2 unspecified atom stereocenters. The third-order valence-electron chi connectivity index (χ3n) is 6.49. The average Bonchev–Trinajstić information content (AvgIpc) is 3.36. The van der Waals surface area contributed by atoms with Crippen molar-refractivity contribution in [2.75, 3.05) is 46.4 Å². The van der Waals surface area contributed by atoms with Gasteiger partial charge in [0.1, 0.15) is 15.4 Å². The van der Waals surface area contributed by atoms with Crippen molar-refractivity contribution in [1.29, 1.82) is 0 Å². The van der Waals surface area contributed by atoms with E-state index in [0.29, 0.717) is 13.0 Å². The van der Waals surface area contributed by atoms with E-state index in [9.17, 15) is 0 Å². The van der Waals surface area contributed by atoms with Crippen molar-refractivity contribution in [2.45, 2.75) is 32.0 Å². The molecule has 1 aromatic carbocycles. The van der Waals surface area contributed by atoms with Crippen LogP contribution in [-0.2, 0) is 22.6 Å². The van der Waals surface area contributed by atoms with E-state index in [1.807, 2.05) is 18.3 Å². The van der Waals surface area contributed by atoms with Crippen LogP contribution in [0.5, 0.6) is 0 Å². The third kappa shape index (κ3) is 6.39. The lowest BCUT2D eigenvalue weighted by Gasteiger charge is -2.34. The number of thiazole rings is 1. The Morgan fingerprint density at radius 2 is 1.94 bits per heavy atom. The van der Waals surface area contributed by atoms with Crippen molar-refractivity contribution < 1.29 is 9.47 Å². The summed E-state index contributed by atoms with van der Waals surface area (Å²) in [5.74, 6) is 0. The first-order chi connectivity index (χ1) is 17.7. The van der Waals surface area contributed by atoms with Gasteiger partial charge in [0.2, 0.25) is 6.35 Å². The number of aromatic nitrogens is 2. The zero-order chi connectivity index (χ0) is 24.7. The summed E-state index contributed by atoms with van der Waals surface area (Å²) in [6, 6.07) is 12.0. The summed E-state index contributed by atoms with van der Waals surface area (Å²) in [7, 11) is 1.76. The second-order valence-corrected chi connectivity index (χ2v) is 10.1. The molecule has 190 valence electrons. The number of ether oxygens (including phenoxy) is 2. The zero-order valence-electron chi connectivity index (χ0n) is 20.6. The zero-order valence-corrected chi connectivity index (χ0v) is 21.4. The first-order valence-electron chi connectivity index (χ1n) is 12.4. The molecule has 36 heavy (non-hydrogen) atoms. The number of nitrogens with zero attached hydrogens (tertiary/aromatic N) is 6. The number of piperazine rings is 1. The summed E-state index contributed by atoms with van der Waals surface area (Å²) >= 11 is 1.50. The average molecular weight is 508 g/mol. The fourth-order valence-corrected chi connectivity index (χ4v) is 5.39. The molecule has 2 aliphatic rings. The number of aliphatic imine (C=N–C) groups is 2. The number of hydrogen-bond acceptors (Lipinski definition) is 10. The lowest BCUT2D eigenvalue weighted by molar-refractivity contribution is 0.0520. The Labute approximate surface area is 215 Å². The van der Waals surface area contributed by atoms with Crippen LogP contribution in [0.1, 0.15) is 28.6 Å². The number of rotatable bonds is 10. The van der Waals surface area contributed by atoms with E-state index in [0.717, 1.165) is 72.5 Å². The van der Waals surface area contributed by atoms with Crippen LogP contribution in [0.4, 0.5) is 0 Å². The van der Waals surface area contributed by atoms with Crippen molar-refractivity contribution in [3.63, 3.8) is 0 Å².